The van der Waals surface area contributed by atoms with Crippen molar-refractivity contribution in [2.45, 2.75) is 6.92 Å². The number of carbonyl (C=O) groups is 2. The smallest absolute Gasteiger partial charge is 0.252 e. The van der Waals surface area contributed by atoms with Gasteiger partial charge in [0.1, 0.15) is 5.75 Å². The van der Waals surface area contributed by atoms with Crippen LogP contribution in [0.25, 0.3) is 0 Å². The van der Waals surface area contributed by atoms with Crippen LogP contribution in [0.15, 0.2) is 42.5 Å². The van der Waals surface area contributed by atoms with Gasteiger partial charge in [0.2, 0.25) is 0 Å². The van der Waals surface area contributed by atoms with E-state index in [0.717, 1.165) is 25.1 Å². The first-order valence-corrected chi connectivity index (χ1v) is 10.7. The van der Waals surface area contributed by atoms with E-state index >= 15 is 0 Å². The van der Waals surface area contributed by atoms with E-state index in [4.69, 9.17) is 18.7 Å². The molecule has 0 aliphatic rings. The normalized spacial score (nSPS) is 10.4. The minimum absolute atomic E-state index is 0.0716. The van der Waals surface area contributed by atoms with Gasteiger partial charge < -0.3 is 10.5 Å². The fourth-order valence-electron chi connectivity index (χ4n) is 1.92. The molecule has 2 aromatic carbocycles. The minimum Gasteiger partial charge on any atom is -0.496 e. The van der Waals surface area contributed by atoms with Crippen LogP contribution >= 0.6 is 0 Å². The summed E-state index contributed by atoms with van der Waals surface area (Å²) in [5.41, 5.74) is 5.41. The van der Waals surface area contributed by atoms with Crippen molar-refractivity contribution in [3.8, 4) is 11.5 Å². The molecule has 0 spiro atoms. The van der Waals surface area contributed by atoms with Gasteiger partial charge in [0.05, 0.1) is 12.7 Å². The van der Waals surface area contributed by atoms with E-state index in [-0.39, 0.29) is 10.8 Å². The Hall–Kier alpha value is -2.78. The quantitative estimate of drug-likeness (QED) is 0.239. The number of benzene rings is 2. The Morgan fingerprint density at radius 3 is 2.15 bits per heavy atom. The molecule has 2 amide bonds. The van der Waals surface area contributed by atoms with Crippen molar-refractivity contribution in [2.24, 2.45) is 5.73 Å². The maximum absolute atomic E-state index is 10.9. The number of hydroxylamine groups is 1. The third-order valence-corrected chi connectivity index (χ3v) is 5.30. The van der Waals surface area contributed by atoms with Gasteiger partial charge in [-0.1, -0.05) is 12.1 Å². The van der Waals surface area contributed by atoms with Crippen molar-refractivity contribution in [1.82, 2.24) is 0 Å². The summed E-state index contributed by atoms with van der Waals surface area (Å²) in [5.74, 6) is -1.30. The molecule has 0 atom stereocenters. The van der Waals surface area contributed by atoms with Crippen LogP contribution in [0.4, 0.5) is 5.69 Å². The molecule has 0 aliphatic carbocycles. The van der Waals surface area contributed by atoms with Crippen LogP contribution in [-0.2, 0) is 8.53 Å². The number of amides is 2. The van der Waals surface area contributed by atoms with Crippen molar-refractivity contribution in [3.63, 3.8) is 0 Å². The zero-order valence-corrected chi connectivity index (χ0v) is 16.3. The van der Waals surface area contributed by atoms with E-state index in [1.165, 1.54) is 7.11 Å². The number of para-hydroxylation sites is 1. The number of ether oxygens (including phenoxy) is 1. The number of hydrogen-bond acceptors (Lipinski definition) is 6. The first kappa shape index (κ1) is 22.3. The second kappa shape index (κ2) is 9.24. The Morgan fingerprint density at radius 1 is 1.15 bits per heavy atom. The zero-order valence-electron chi connectivity index (χ0n) is 14.4. The van der Waals surface area contributed by atoms with Crippen molar-refractivity contribution in [1.29, 1.82) is 0 Å². The summed E-state index contributed by atoms with van der Waals surface area (Å²) in [4.78, 5) is 21.5. The zero-order chi connectivity index (χ0) is 20.8. The number of rotatable bonds is 4. The van der Waals surface area contributed by atoms with E-state index in [1.807, 2.05) is 0 Å². The first-order chi connectivity index (χ1) is 12.5. The molecule has 0 radical (unpaired) electrons. The fourth-order valence-corrected chi connectivity index (χ4v) is 3.25. The summed E-state index contributed by atoms with van der Waals surface area (Å²) in [6.07, 6.45) is 0. The molecule has 0 saturated carbocycles. The molecule has 2 rings (SSSR count). The number of aromatic hydroxyl groups is 1. The molecule has 146 valence electrons. The maximum Gasteiger partial charge on any atom is 0.252 e. The molecule has 0 aromatic heterocycles. The monoisotopic (exact) mass is 442 g/mol. The van der Waals surface area contributed by atoms with E-state index in [2.05, 4.69) is 0 Å². The Balaban J connectivity index is 0.000000289. The number of phenolic OH excluding ortho intramolecular Hbond substituents is 1. The second-order valence-corrected chi connectivity index (χ2v) is 8.41. The van der Waals surface area contributed by atoms with Gasteiger partial charge in [-0.2, -0.15) is 0 Å². The molecule has 11 heteroatoms. The molecule has 0 bridgehead atoms. The third-order valence-electron chi connectivity index (χ3n) is 3.19. The molecule has 27 heavy (non-hydrogen) atoms. The number of methoxy groups -OCH3 is 1. The number of phenols is 1. The van der Waals surface area contributed by atoms with Crippen LogP contribution in [-0.4, -0.2) is 51.6 Å². The molecule has 0 fully saturated rings. The molecule has 0 aliphatic heterocycles. The molecular formula is C16H19AsN2O8. The van der Waals surface area contributed by atoms with Crippen LogP contribution in [0.5, 0.6) is 11.5 Å². The standard InChI is InChI=1S/C8H10AsNO6.C8H9NO2/c1-5(11)10(16)6-2-3-7(8(12)4-6)9(13,14)15;1-11-7-5-3-2-4-6(7)8(9)10/h2-4,12,16H,1H3,(H2,13,14,15);2-5H,1H3,(H2,9,10). The van der Waals surface area contributed by atoms with Crippen molar-refractivity contribution in [3.05, 3.63) is 48.0 Å². The number of anilines is 1. The number of primary amides is 1. The molecule has 6 N–H and O–H groups in total. The van der Waals surface area contributed by atoms with Crippen LogP contribution in [0.1, 0.15) is 17.3 Å². The van der Waals surface area contributed by atoms with Gasteiger partial charge in [-0.25, -0.2) is 0 Å². The second-order valence-electron chi connectivity index (χ2n) is 5.11. The molecule has 10 nitrogen and oxygen atoms in total. The van der Waals surface area contributed by atoms with Crippen molar-refractivity contribution >= 4 is 36.0 Å². The topological polar surface area (TPSA) is 171 Å². The Kier molecular flexibility index (Phi) is 7.62. The average Bonchev–Trinajstić information content (AvgIpc) is 2.60. The summed E-state index contributed by atoms with van der Waals surface area (Å²) in [7, 11) is 1.50. The summed E-state index contributed by atoms with van der Waals surface area (Å²) < 4.78 is 33.1. The number of carbonyl (C=O) groups excluding carboxylic acids is 2. The van der Waals surface area contributed by atoms with Gasteiger partial charge in [0, 0.05) is 0 Å². The third kappa shape index (κ3) is 6.15. The van der Waals surface area contributed by atoms with E-state index in [9.17, 15) is 23.6 Å². The Labute approximate surface area is 157 Å². The maximum atomic E-state index is 10.9. The van der Waals surface area contributed by atoms with E-state index in [1.54, 1.807) is 24.3 Å². The largest absolute Gasteiger partial charge is 0.496 e. The van der Waals surface area contributed by atoms with Crippen LogP contribution in [0, 0.1) is 0 Å². The summed E-state index contributed by atoms with van der Waals surface area (Å²) in [5, 5.41) is 18.8. The van der Waals surface area contributed by atoms with Gasteiger partial charge in [-0.15, -0.1) is 0 Å². The summed E-state index contributed by atoms with van der Waals surface area (Å²) >= 11 is -5.18. The van der Waals surface area contributed by atoms with Crippen LogP contribution in [0.3, 0.4) is 0 Å². The van der Waals surface area contributed by atoms with Gasteiger partial charge in [-0.3, -0.25) is 4.79 Å². The Morgan fingerprint density at radius 2 is 1.74 bits per heavy atom. The predicted octanol–water partition coefficient (Wildman–Crippen LogP) is -0.511. The Bertz CT molecular complexity index is 880. The van der Waals surface area contributed by atoms with E-state index < -0.39 is 36.1 Å². The number of nitrogens with zero attached hydrogens (tertiary/aromatic N) is 1. The fraction of sp³-hybridized carbons (Fsp3) is 0.125. The molecular weight excluding hydrogens is 423 g/mol. The van der Waals surface area contributed by atoms with E-state index in [0.29, 0.717) is 11.3 Å². The molecule has 0 unspecified atom stereocenters. The summed E-state index contributed by atoms with van der Waals surface area (Å²) in [6, 6.07) is 9.83. The average molecular weight is 442 g/mol. The summed E-state index contributed by atoms with van der Waals surface area (Å²) in [6.45, 7) is 1.10. The number of hydrogen-bond donors (Lipinski definition) is 5. The van der Waals surface area contributed by atoms with Gasteiger partial charge in [-0.05, 0) is 12.1 Å². The minimum atomic E-state index is -5.18. The number of nitrogens with two attached hydrogens (primary N) is 1. The van der Waals surface area contributed by atoms with Crippen LogP contribution in [0.2, 0.25) is 0 Å². The van der Waals surface area contributed by atoms with Gasteiger partial charge in [0.15, 0.2) is 0 Å². The van der Waals surface area contributed by atoms with Crippen molar-refractivity contribution < 1.29 is 36.6 Å². The molecule has 0 saturated heterocycles. The van der Waals surface area contributed by atoms with Gasteiger partial charge >= 0.3 is 93.1 Å². The van der Waals surface area contributed by atoms with Gasteiger partial charge in [0.25, 0.3) is 5.91 Å². The predicted molar refractivity (Wildman–Crippen MR) is 95.1 cm³/mol. The van der Waals surface area contributed by atoms with Crippen LogP contribution < -0.4 is 19.9 Å². The molecule has 2 aromatic rings. The first-order valence-electron chi connectivity index (χ1n) is 7.30. The SMILES string of the molecule is CC(=O)N(O)c1ccc([As](=O)(O)O)c(O)c1.COc1ccccc1C(N)=O. The molecule has 0 heterocycles. The van der Waals surface area contributed by atoms with Crippen molar-refractivity contribution in [2.75, 3.05) is 12.2 Å².